The first-order chi connectivity index (χ1) is 22.1. The second-order valence-electron chi connectivity index (χ2n) is 9.98. The number of amides is 1. The van der Waals surface area contributed by atoms with Crippen molar-refractivity contribution in [1.82, 2.24) is 14.0 Å². The van der Waals surface area contributed by atoms with E-state index < -0.39 is 32.5 Å². The minimum absolute atomic E-state index is 0.0281. The highest BCUT2D eigenvalue weighted by Crippen LogP contribution is 2.23. The van der Waals surface area contributed by atoms with Crippen molar-refractivity contribution in [2.45, 2.75) is 29.4 Å². The standard InChI is InChI=1S/C32H29ClN4O7S2/c33-26-15-13-25(14-16-26)21-36(45(39,40)30-9-3-1-4-10-30)23-29-18-17-27(44-29)20-34-35-32(38)24-37(22-28-8-7-19-43-28)46(41,42)31-11-5-2-6-12-31/h1-20H,21-24H2,(H,35,38)/b34-20-. The molecule has 11 nitrogen and oxygen atoms in total. The summed E-state index contributed by atoms with van der Waals surface area (Å²) in [5, 5.41) is 4.44. The molecule has 5 aromatic rings. The summed E-state index contributed by atoms with van der Waals surface area (Å²) in [4.78, 5) is 12.9. The Morgan fingerprint density at radius 3 is 1.93 bits per heavy atom. The molecule has 0 aliphatic carbocycles. The molecule has 0 bridgehead atoms. The number of hydrogen-bond acceptors (Lipinski definition) is 8. The van der Waals surface area contributed by atoms with Crippen molar-refractivity contribution >= 4 is 43.8 Å². The third-order valence-corrected chi connectivity index (χ3v) is 10.5. The SMILES string of the molecule is O=C(CN(Cc1ccco1)S(=O)(=O)c1ccccc1)N/N=C\c1ccc(CN(Cc2ccc(Cl)cc2)S(=O)(=O)c2ccccc2)o1. The molecule has 0 saturated carbocycles. The fourth-order valence-corrected chi connectivity index (χ4v) is 7.32. The second-order valence-corrected chi connectivity index (χ2v) is 14.3. The molecule has 3 aromatic carbocycles. The Kier molecular flexibility index (Phi) is 10.5. The molecule has 238 valence electrons. The van der Waals surface area contributed by atoms with E-state index in [1.54, 1.807) is 84.9 Å². The molecule has 0 aliphatic heterocycles. The van der Waals surface area contributed by atoms with Gasteiger partial charge in [-0.15, -0.1) is 0 Å². The lowest BCUT2D eigenvalue weighted by Gasteiger charge is -2.21. The number of hydrogen-bond donors (Lipinski definition) is 1. The van der Waals surface area contributed by atoms with Gasteiger partial charge < -0.3 is 8.83 Å². The van der Waals surface area contributed by atoms with Crippen molar-refractivity contribution in [3.8, 4) is 0 Å². The van der Waals surface area contributed by atoms with Crippen LogP contribution in [0.5, 0.6) is 0 Å². The number of carbonyl (C=O) groups is 1. The number of carbonyl (C=O) groups excluding carboxylic acids is 1. The summed E-state index contributed by atoms with van der Waals surface area (Å²) in [6, 6.07) is 29.1. The number of furan rings is 2. The molecule has 0 unspecified atom stereocenters. The van der Waals surface area contributed by atoms with Crippen molar-refractivity contribution in [3.63, 3.8) is 0 Å². The maximum absolute atomic E-state index is 13.5. The van der Waals surface area contributed by atoms with Gasteiger partial charge in [-0.1, -0.05) is 60.1 Å². The topological polar surface area (TPSA) is 142 Å². The molecular weight excluding hydrogens is 652 g/mol. The van der Waals surface area contributed by atoms with Gasteiger partial charge in [0.1, 0.15) is 17.3 Å². The van der Waals surface area contributed by atoms with Crippen molar-refractivity contribution in [2.75, 3.05) is 6.54 Å². The zero-order valence-corrected chi connectivity index (χ0v) is 26.7. The maximum atomic E-state index is 13.5. The lowest BCUT2D eigenvalue weighted by Crippen LogP contribution is -2.38. The molecule has 0 atom stereocenters. The van der Waals surface area contributed by atoms with E-state index in [-0.39, 0.29) is 35.2 Å². The minimum Gasteiger partial charge on any atom is -0.468 e. The van der Waals surface area contributed by atoms with Gasteiger partial charge in [-0.05, 0) is 66.2 Å². The predicted molar refractivity (Wildman–Crippen MR) is 172 cm³/mol. The van der Waals surface area contributed by atoms with Gasteiger partial charge in [-0.3, -0.25) is 4.79 Å². The highest BCUT2D eigenvalue weighted by molar-refractivity contribution is 7.89. The number of nitrogens with zero attached hydrogens (tertiary/aromatic N) is 3. The Hall–Kier alpha value is -4.53. The monoisotopic (exact) mass is 680 g/mol. The summed E-state index contributed by atoms with van der Waals surface area (Å²) in [7, 11) is -7.93. The Balaban J connectivity index is 1.27. The number of benzene rings is 3. The fourth-order valence-electron chi connectivity index (χ4n) is 4.39. The van der Waals surface area contributed by atoms with Gasteiger partial charge in [0.2, 0.25) is 20.0 Å². The van der Waals surface area contributed by atoms with Gasteiger partial charge in [0, 0.05) is 11.6 Å². The molecular formula is C32H29ClN4O7S2. The quantitative estimate of drug-likeness (QED) is 0.125. The smallest absolute Gasteiger partial charge is 0.255 e. The van der Waals surface area contributed by atoms with Crippen LogP contribution in [0.2, 0.25) is 5.02 Å². The summed E-state index contributed by atoms with van der Waals surface area (Å²) >= 11 is 6.01. The van der Waals surface area contributed by atoms with Gasteiger partial charge >= 0.3 is 0 Å². The van der Waals surface area contributed by atoms with Crippen LogP contribution in [0.1, 0.15) is 22.8 Å². The van der Waals surface area contributed by atoms with Gasteiger partial charge in [0.05, 0.1) is 41.9 Å². The fraction of sp³-hybridized carbons (Fsp3) is 0.125. The Bertz CT molecular complexity index is 1980. The molecule has 46 heavy (non-hydrogen) atoms. The van der Waals surface area contributed by atoms with E-state index in [1.165, 1.54) is 41.0 Å². The number of nitrogens with one attached hydrogen (secondary N) is 1. The third kappa shape index (κ3) is 8.38. The Morgan fingerprint density at radius 1 is 0.717 bits per heavy atom. The Labute approximate surface area is 271 Å². The average Bonchev–Trinajstić information content (AvgIpc) is 3.74. The number of hydrazone groups is 1. The number of sulfonamides is 2. The number of rotatable bonds is 14. The summed E-state index contributed by atoms with van der Waals surface area (Å²) in [5.41, 5.74) is 3.05. The molecule has 2 heterocycles. The lowest BCUT2D eigenvalue weighted by molar-refractivity contribution is -0.121. The first kappa shape index (κ1) is 32.9. The second kappa shape index (κ2) is 14.7. The summed E-state index contributed by atoms with van der Waals surface area (Å²) in [5.74, 6) is 0.235. The van der Waals surface area contributed by atoms with E-state index in [2.05, 4.69) is 10.5 Å². The summed E-state index contributed by atoms with van der Waals surface area (Å²) in [6.45, 7) is -0.717. The molecule has 0 fully saturated rings. The van der Waals surface area contributed by atoms with Crippen molar-refractivity contribution in [2.24, 2.45) is 5.10 Å². The third-order valence-electron chi connectivity index (χ3n) is 6.66. The Morgan fingerprint density at radius 2 is 1.33 bits per heavy atom. The first-order valence-electron chi connectivity index (χ1n) is 13.9. The normalized spacial score (nSPS) is 12.2. The van der Waals surface area contributed by atoms with Crippen molar-refractivity contribution in [1.29, 1.82) is 0 Å². The lowest BCUT2D eigenvalue weighted by atomic mass is 10.2. The van der Waals surface area contributed by atoms with E-state index >= 15 is 0 Å². The van der Waals surface area contributed by atoms with Crippen LogP contribution >= 0.6 is 11.6 Å². The van der Waals surface area contributed by atoms with Gasteiger partial charge in [0.25, 0.3) is 5.91 Å². The first-order valence-corrected chi connectivity index (χ1v) is 17.1. The van der Waals surface area contributed by atoms with E-state index in [0.717, 1.165) is 9.87 Å². The molecule has 1 N–H and O–H groups in total. The highest BCUT2D eigenvalue weighted by Gasteiger charge is 2.28. The van der Waals surface area contributed by atoms with Crippen LogP contribution in [0, 0.1) is 0 Å². The highest BCUT2D eigenvalue weighted by atomic mass is 35.5. The summed E-state index contributed by atoms with van der Waals surface area (Å²) < 4.78 is 67.0. The summed E-state index contributed by atoms with van der Waals surface area (Å²) in [6.07, 6.45) is 2.65. The zero-order chi connectivity index (χ0) is 32.6. The maximum Gasteiger partial charge on any atom is 0.255 e. The molecule has 14 heteroatoms. The number of halogens is 1. The van der Waals surface area contributed by atoms with Gasteiger partial charge in [-0.2, -0.15) is 13.7 Å². The van der Waals surface area contributed by atoms with E-state index in [1.807, 2.05) is 0 Å². The van der Waals surface area contributed by atoms with Crippen molar-refractivity contribution < 1.29 is 30.5 Å². The molecule has 1 amide bonds. The molecule has 0 radical (unpaired) electrons. The largest absolute Gasteiger partial charge is 0.468 e. The van der Waals surface area contributed by atoms with Crippen LogP contribution in [-0.4, -0.2) is 44.1 Å². The van der Waals surface area contributed by atoms with Crippen LogP contribution in [0.15, 0.2) is 139 Å². The molecule has 5 rings (SSSR count). The average molecular weight is 681 g/mol. The molecule has 0 aliphatic rings. The zero-order valence-electron chi connectivity index (χ0n) is 24.3. The van der Waals surface area contributed by atoms with Crippen LogP contribution in [0.4, 0.5) is 0 Å². The molecule has 0 saturated heterocycles. The predicted octanol–water partition coefficient (Wildman–Crippen LogP) is 5.26. The van der Waals surface area contributed by atoms with Crippen LogP contribution < -0.4 is 5.43 Å². The molecule has 2 aromatic heterocycles. The van der Waals surface area contributed by atoms with E-state index in [9.17, 15) is 21.6 Å². The minimum atomic E-state index is -4.03. The van der Waals surface area contributed by atoms with Crippen molar-refractivity contribution in [3.05, 3.63) is 143 Å². The van der Waals surface area contributed by atoms with Crippen LogP contribution in [0.25, 0.3) is 0 Å². The molecule has 0 spiro atoms. The van der Waals surface area contributed by atoms with E-state index in [4.69, 9.17) is 20.4 Å². The van der Waals surface area contributed by atoms with Crippen LogP contribution in [0.3, 0.4) is 0 Å². The van der Waals surface area contributed by atoms with Gasteiger partial charge in [-0.25, -0.2) is 22.3 Å². The van der Waals surface area contributed by atoms with E-state index in [0.29, 0.717) is 16.5 Å². The van der Waals surface area contributed by atoms with Gasteiger partial charge in [0.15, 0.2) is 0 Å². The van der Waals surface area contributed by atoms with Crippen LogP contribution in [-0.2, 0) is 44.5 Å².